The third-order valence-corrected chi connectivity index (χ3v) is 0.933. The molecule has 0 aliphatic carbocycles. The predicted molar refractivity (Wildman–Crippen MR) is 39.6 cm³/mol. The van der Waals surface area contributed by atoms with Crippen LogP contribution in [0.5, 0.6) is 0 Å². The van der Waals surface area contributed by atoms with Gasteiger partial charge in [-0.05, 0) is 6.42 Å². The summed E-state index contributed by atoms with van der Waals surface area (Å²) in [4.78, 5) is 10.7. The SMILES string of the molecule is [CH2]CCNC(=O)NC(O)CO. The average molecular weight is 161 g/mol. The van der Waals surface area contributed by atoms with Crippen molar-refractivity contribution in [3.8, 4) is 0 Å². The van der Waals surface area contributed by atoms with Gasteiger partial charge in [0.25, 0.3) is 0 Å². The fourth-order valence-corrected chi connectivity index (χ4v) is 0.450. The summed E-state index contributed by atoms with van der Waals surface area (Å²) in [5, 5.41) is 21.5. The lowest BCUT2D eigenvalue weighted by Gasteiger charge is -2.09. The van der Waals surface area contributed by atoms with Crippen LogP contribution in [0.4, 0.5) is 4.79 Å². The van der Waals surface area contributed by atoms with Gasteiger partial charge in [-0.2, -0.15) is 0 Å². The molecule has 1 unspecified atom stereocenters. The Labute approximate surface area is 65.4 Å². The first-order valence-electron chi connectivity index (χ1n) is 3.33. The van der Waals surface area contributed by atoms with E-state index in [-0.39, 0.29) is 0 Å². The van der Waals surface area contributed by atoms with Crippen LogP contribution in [0.2, 0.25) is 0 Å². The normalized spacial score (nSPS) is 12.3. The molecule has 5 heteroatoms. The molecule has 65 valence electrons. The van der Waals surface area contributed by atoms with Gasteiger partial charge in [-0.25, -0.2) is 4.79 Å². The fraction of sp³-hybridized carbons (Fsp3) is 0.667. The van der Waals surface area contributed by atoms with Crippen LogP contribution in [0.1, 0.15) is 6.42 Å². The summed E-state index contributed by atoms with van der Waals surface area (Å²) in [5.41, 5.74) is 0. The van der Waals surface area contributed by atoms with E-state index in [1.54, 1.807) is 0 Å². The molecule has 0 aromatic carbocycles. The Balaban J connectivity index is 3.36. The summed E-state index contributed by atoms with van der Waals surface area (Å²) in [7, 11) is 0. The van der Waals surface area contributed by atoms with Gasteiger partial charge in [0.05, 0.1) is 6.61 Å². The van der Waals surface area contributed by atoms with E-state index in [0.717, 1.165) is 0 Å². The van der Waals surface area contributed by atoms with Crippen molar-refractivity contribution in [2.75, 3.05) is 13.2 Å². The summed E-state index contributed by atoms with van der Waals surface area (Å²) in [6.07, 6.45) is -0.609. The molecule has 2 amide bonds. The number of aliphatic hydroxyl groups excluding tert-OH is 2. The minimum absolute atomic E-state index is 0.448. The average Bonchev–Trinajstić information content (AvgIpc) is 2.00. The summed E-state index contributed by atoms with van der Waals surface area (Å²) < 4.78 is 0. The lowest BCUT2D eigenvalue weighted by atomic mass is 10.5. The lowest BCUT2D eigenvalue weighted by Crippen LogP contribution is -2.43. The largest absolute Gasteiger partial charge is 0.392 e. The second-order valence-electron chi connectivity index (χ2n) is 1.95. The molecule has 4 N–H and O–H groups in total. The number of rotatable bonds is 4. The molecule has 0 bridgehead atoms. The minimum Gasteiger partial charge on any atom is -0.392 e. The molecule has 0 aromatic rings. The molecule has 1 atom stereocenters. The highest BCUT2D eigenvalue weighted by atomic mass is 16.3. The third-order valence-electron chi connectivity index (χ3n) is 0.933. The molecule has 1 radical (unpaired) electrons. The first kappa shape index (κ1) is 10.2. The van der Waals surface area contributed by atoms with Crippen LogP contribution in [0.15, 0.2) is 0 Å². The summed E-state index contributed by atoms with van der Waals surface area (Å²) in [5.74, 6) is 0. The highest BCUT2D eigenvalue weighted by molar-refractivity contribution is 5.73. The molecular weight excluding hydrogens is 148 g/mol. The van der Waals surface area contributed by atoms with Crippen molar-refractivity contribution in [2.24, 2.45) is 0 Å². The van der Waals surface area contributed by atoms with Crippen LogP contribution in [0.3, 0.4) is 0 Å². The van der Waals surface area contributed by atoms with Gasteiger partial charge < -0.3 is 20.8 Å². The van der Waals surface area contributed by atoms with E-state index < -0.39 is 18.9 Å². The maximum absolute atomic E-state index is 10.7. The fourth-order valence-electron chi connectivity index (χ4n) is 0.450. The van der Waals surface area contributed by atoms with Crippen molar-refractivity contribution in [1.29, 1.82) is 0 Å². The maximum atomic E-state index is 10.7. The highest BCUT2D eigenvalue weighted by Crippen LogP contribution is 1.74. The first-order valence-corrected chi connectivity index (χ1v) is 3.33. The third kappa shape index (κ3) is 5.63. The number of nitrogens with one attached hydrogen (secondary N) is 2. The number of carbonyl (C=O) groups excluding carboxylic acids is 1. The second kappa shape index (κ2) is 5.94. The van der Waals surface area contributed by atoms with Crippen LogP contribution < -0.4 is 10.6 Å². The molecule has 0 aliphatic rings. The van der Waals surface area contributed by atoms with Gasteiger partial charge in [0, 0.05) is 6.54 Å². The number of aliphatic hydroxyl groups is 2. The van der Waals surface area contributed by atoms with Crippen molar-refractivity contribution in [1.82, 2.24) is 10.6 Å². The Kier molecular flexibility index (Phi) is 5.50. The standard InChI is InChI=1S/C6H13N2O3/c1-2-3-7-6(11)8-5(10)4-9/h5,9-10H,1-4H2,(H2,7,8,11). The van der Waals surface area contributed by atoms with Crippen LogP contribution >= 0.6 is 0 Å². The minimum atomic E-state index is -1.19. The van der Waals surface area contributed by atoms with E-state index in [1.807, 2.05) is 0 Å². The van der Waals surface area contributed by atoms with E-state index in [1.165, 1.54) is 0 Å². The van der Waals surface area contributed by atoms with Gasteiger partial charge >= 0.3 is 6.03 Å². The molecule has 0 heterocycles. The summed E-state index contributed by atoms with van der Waals surface area (Å²) in [6.45, 7) is 3.46. The smallest absolute Gasteiger partial charge is 0.316 e. The Morgan fingerprint density at radius 3 is 2.73 bits per heavy atom. The monoisotopic (exact) mass is 161 g/mol. The number of carbonyl (C=O) groups is 1. The van der Waals surface area contributed by atoms with Crippen molar-refractivity contribution >= 4 is 6.03 Å². The quantitative estimate of drug-likeness (QED) is 0.392. The van der Waals surface area contributed by atoms with Crippen LogP contribution in [-0.2, 0) is 0 Å². The van der Waals surface area contributed by atoms with Crippen molar-refractivity contribution in [3.63, 3.8) is 0 Å². The van der Waals surface area contributed by atoms with E-state index >= 15 is 0 Å². The molecule has 0 rings (SSSR count). The molecule has 0 spiro atoms. The molecule has 0 aromatic heterocycles. The van der Waals surface area contributed by atoms with Gasteiger partial charge in [0.2, 0.25) is 0 Å². The van der Waals surface area contributed by atoms with Gasteiger partial charge in [0.1, 0.15) is 0 Å². The van der Waals surface area contributed by atoms with Gasteiger partial charge in [-0.15, -0.1) is 0 Å². The highest BCUT2D eigenvalue weighted by Gasteiger charge is 2.04. The number of amides is 2. The molecule has 0 aliphatic heterocycles. The van der Waals surface area contributed by atoms with Gasteiger partial charge in [0.15, 0.2) is 6.23 Å². The van der Waals surface area contributed by atoms with E-state index in [0.29, 0.717) is 13.0 Å². The van der Waals surface area contributed by atoms with E-state index in [2.05, 4.69) is 17.6 Å². The van der Waals surface area contributed by atoms with E-state index in [4.69, 9.17) is 10.2 Å². The molecule has 0 saturated heterocycles. The number of hydrogen-bond donors (Lipinski definition) is 4. The summed E-state index contributed by atoms with van der Waals surface area (Å²) in [6, 6.07) is -0.504. The Hall–Kier alpha value is -0.810. The Bertz CT molecular complexity index is 118. The van der Waals surface area contributed by atoms with Crippen molar-refractivity contribution in [2.45, 2.75) is 12.6 Å². The van der Waals surface area contributed by atoms with Crippen molar-refractivity contribution < 1.29 is 15.0 Å². The molecule has 5 nitrogen and oxygen atoms in total. The van der Waals surface area contributed by atoms with Crippen LogP contribution in [0, 0.1) is 6.92 Å². The van der Waals surface area contributed by atoms with Crippen LogP contribution in [-0.4, -0.2) is 35.6 Å². The number of hydrogen-bond acceptors (Lipinski definition) is 3. The first-order chi connectivity index (χ1) is 5.20. The predicted octanol–water partition coefficient (Wildman–Crippen LogP) is -1.18. The Morgan fingerprint density at radius 2 is 2.27 bits per heavy atom. The van der Waals surface area contributed by atoms with E-state index in [9.17, 15) is 4.79 Å². The topological polar surface area (TPSA) is 81.6 Å². The van der Waals surface area contributed by atoms with Gasteiger partial charge in [-0.1, -0.05) is 6.92 Å². The summed E-state index contributed by atoms with van der Waals surface area (Å²) >= 11 is 0. The van der Waals surface area contributed by atoms with Crippen molar-refractivity contribution in [3.05, 3.63) is 6.92 Å². The zero-order valence-corrected chi connectivity index (χ0v) is 6.21. The van der Waals surface area contributed by atoms with Crippen LogP contribution in [0.25, 0.3) is 0 Å². The number of urea groups is 1. The molecular formula is C6H13N2O3. The zero-order valence-electron chi connectivity index (χ0n) is 6.21. The maximum Gasteiger partial charge on any atom is 0.316 e. The zero-order chi connectivity index (χ0) is 8.69. The lowest BCUT2D eigenvalue weighted by molar-refractivity contribution is 0.0753. The molecule has 0 saturated carbocycles. The molecule has 0 fully saturated rings. The Morgan fingerprint density at radius 1 is 1.64 bits per heavy atom. The second-order valence-corrected chi connectivity index (χ2v) is 1.95. The molecule has 11 heavy (non-hydrogen) atoms. The van der Waals surface area contributed by atoms with Gasteiger partial charge in [-0.3, -0.25) is 0 Å².